The highest BCUT2D eigenvalue weighted by Crippen LogP contribution is 2.20. The van der Waals surface area contributed by atoms with Gasteiger partial charge in [-0.25, -0.2) is 14.8 Å². The van der Waals surface area contributed by atoms with Gasteiger partial charge in [-0.3, -0.25) is 0 Å². The molecule has 146 valence electrons. The molecule has 0 unspecified atom stereocenters. The Balaban J connectivity index is 1.42. The minimum atomic E-state index is -0.176. The minimum absolute atomic E-state index is 0.176. The van der Waals surface area contributed by atoms with Crippen molar-refractivity contribution in [3.63, 3.8) is 0 Å². The van der Waals surface area contributed by atoms with Gasteiger partial charge in [-0.15, -0.1) is 0 Å². The molecule has 7 heteroatoms. The molecule has 2 aromatic heterocycles. The minimum Gasteiger partial charge on any atom is -0.357 e. The van der Waals surface area contributed by atoms with Gasteiger partial charge >= 0.3 is 6.03 Å². The van der Waals surface area contributed by atoms with Gasteiger partial charge in [0.15, 0.2) is 0 Å². The molecule has 0 atom stereocenters. The van der Waals surface area contributed by atoms with E-state index in [1.54, 1.807) is 18.1 Å². The molecule has 1 fully saturated rings. The number of carbonyl (C=O) groups is 1. The van der Waals surface area contributed by atoms with Crippen LogP contribution in [0.15, 0.2) is 42.6 Å². The first-order chi connectivity index (χ1) is 13.7. The van der Waals surface area contributed by atoms with Crippen LogP contribution in [0.25, 0.3) is 11.0 Å². The zero-order valence-electron chi connectivity index (χ0n) is 16.4. The zero-order valence-corrected chi connectivity index (χ0v) is 16.4. The highest BCUT2D eigenvalue weighted by molar-refractivity contribution is 5.89. The van der Waals surface area contributed by atoms with E-state index < -0.39 is 0 Å². The standard InChI is InChI=1S/C21H26N6O/c1-3-27-18-9-5-4-8-17(18)24-20(27)15-25(2)21(28)23-16-10-11-19(22-14-16)26-12-6-7-13-26/h4-5,8-11,14H,3,6-7,12-13,15H2,1-2H3,(H,23,28). The summed E-state index contributed by atoms with van der Waals surface area (Å²) in [6, 6.07) is 11.8. The summed E-state index contributed by atoms with van der Waals surface area (Å²) in [5.41, 5.74) is 2.74. The molecular formula is C21H26N6O. The zero-order chi connectivity index (χ0) is 19.5. The molecule has 1 aliphatic heterocycles. The van der Waals surface area contributed by atoms with Crippen LogP contribution in [0.3, 0.4) is 0 Å². The summed E-state index contributed by atoms with van der Waals surface area (Å²) in [5, 5.41) is 2.92. The highest BCUT2D eigenvalue weighted by Gasteiger charge is 2.16. The van der Waals surface area contributed by atoms with Crippen LogP contribution >= 0.6 is 0 Å². The van der Waals surface area contributed by atoms with Crippen LogP contribution in [0.4, 0.5) is 16.3 Å². The number of nitrogens with zero attached hydrogens (tertiary/aromatic N) is 5. The third kappa shape index (κ3) is 3.65. The second-order valence-electron chi connectivity index (χ2n) is 7.15. The van der Waals surface area contributed by atoms with Gasteiger partial charge in [0.1, 0.15) is 11.6 Å². The number of carbonyl (C=O) groups excluding carboxylic acids is 1. The molecule has 28 heavy (non-hydrogen) atoms. The van der Waals surface area contributed by atoms with Crippen molar-refractivity contribution in [2.24, 2.45) is 0 Å². The number of pyridine rings is 1. The van der Waals surface area contributed by atoms with Crippen LogP contribution in [0.5, 0.6) is 0 Å². The van der Waals surface area contributed by atoms with Crippen LogP contribution in [-0.4, -0.2) is 45.6 Å². The summed E-state index contributed by atoms with van der Waals surface area (Å²) in [6.07, 6.45) is 4.15. The lowest BCUT2D eigenvalue weighted by atomic mass is 10.3. The van der Waals surface area contributed by atoms with Crippen LogP contribution in [0, 0.1) is 0 Å². The smallest absolute Gasteiger partial charge is 0.322 e. The average Bonchev–Trinajstić information content (AvgIpc) is 3.36. The Bertz CT molecular complexity index is 959. The number of hydrogen-bond acceptors (Lipinski definition) is 4. The molecule has 7 nitrogen and oxygen atoms in total. The van der Waals surface area contributed by atoms with E-state index in [0.29, 0.717) is 12.2 Å². The van der Waals surface area contributed by atoms with Gasteiger partial charge in [-0.2, -0.15) is 0 Å². The predicted molar refractivity (Wildman–Crippen MR) is 112 cm³/mol. The van der Waals surface area contributed by atoms with Crippen molar-refractivity contribution in [1.29, 1.82) is 0 Å². The van der Waals surface area contributed by atoms with E-state index in [2.05, 4.69) is 32.8 Å². The van der Waals surface area contributed by atoms with Gasteiger partial charge in [-0.1, -0.05) is 12.1 Å². The Kier molecular flexibility index (Phi) is 5.14. The number of fused-ring (bicyclic) bond motifs is 1. The summed E-state index contributed by atoms with van der Waals surface area (Å²) >= 11 is 0. The molecule has 3 aromatic rings. The third-order valence-electron chi connectivity index (χ3n) is 5.20. The molecule has 1 saturated heterocycles. The third-order valence-corrected chi connectivity index (χ3v) is 5.20. The van der Waals surface area contributed by atoms with Crippen LogP contribution < -0.4 is 10.2 Å². The van der Waals surface area contributed by atoms with E-state index in [0.717, 1.165) is 42.3 Å². The molecule has 1 aromatic carbocycles. The summed E-state index contributed by atoms with van der Waals surface area (Å²) in [7, 11) is 1.78. The molecule has 3 heterocycles. The number of anilines is 2. The maximum atomic E-state index is 12.6. The van der Waals surface area contributed by atoms with Crippen LogP contribution in [0.2, 0.25) is 0 Å². The lowest BCUT2D eigenvalue weighted by Crippen LogP contribution is -2.32. The van der Waals surface area contributed by atoms with Crippen molar-refractivity contribution in [1.82, 2.24) is 19.4 Å². The largest absolute Gasteiger partial charge is 0.357 e. The monoisotopic (exact) mass is 378 g/mol. The number of aromatic nitrogens is 3. The van der Waals surface area contributed by atoms with Gasteiger partial charge in [0.2, 0.25) is 0 Å². The molecule has 0 aliphatic carbocycles. The molecule has 1 N–H and O–H groups in total. The molecule has 0 radical (unpaired) electrons. The maximum absolute atomic E-state index is 12.6. The SMILES string of the molecule is CCn1c(CN(C)C(=O)Nc2ccc(N3CCCC3)nc2)nc2ccccc21. The first-order valence-corrected chi connectivity index (χ1v) is 9.83. The van der Waals surface area contributed by atoms with E-state index in [4.69, 9.17) is 4.98 Å². The van der Waals surface area contributed by atoms with Crippen LogP contribution in [-0.2, 0) is 13.1 Å². The number of para-hydroxylation sites is 2. The van der Waals surface area contributed by atoms with Crippen molar-refractivity contribution in [2.45, 2.75) is 32.9 Å². The number of urea groups is 1. The maximum Gasteiger partial charge on any atom is 0.322 e. The number of benzene rings is 1. The van der Waals surface area contributed by atoms with E-state index in [-0.39, 0.29) is 6.03 Å². The molecule has 0 spiro atoms. The van der Waals surface area contributed by atoms with Gasteiger partial charge in [-0.05, 0) is 44.0 Å². The number of rotatable bonds is 5. The lowest BCUT2D eigenvalue weighted by Gasteiger charge is -2.19. The van der Waals surface area contributed by atoms with Crippen molar-refractivity contribution >= 4 is 28.6 Å². The molecule has 2 amide bonds. The molecule has 0 saturated carbocycles. The molecule has 4 rings (SSSR count). The van der Waals surface area contributed by atoms with Gasteiger partial charge in [0.05, 0.1) is 29.5 Å². The Hall–Kier alpha value is -3.09. The second-order valence-corrected chi connectivity index (χ2v) is 7.15. The Morgan fingerprint density at radius 3 is 2.68 bits per heavy atom. The van der Waals surface area contributed by atoms with Crippen LogP contribution in [0.1, 0.15) is 25.6 Å². The van der Waals surface area contributed by atoms with Gasteiger partial charge in [0, 0.05) is 26.7 Å². The number of imidazole rings is 1. The molecular weight excluding hydrogens is 352 g/mol. The number of aryl methyl sites for hydroxylation is 1. The van der Waals surface area contributed by atoms with Crippen molar-refractivity contribution in [3.05, 3.63) is 48.4 Å². The first kappa shape index (κ1) is 18.3. The van der Waals surface area contributed by atoms with Crippen molar-refractivity contribution < 1.29 is 4.79 Å². The van der Waals surface area contributed by atoms with E-state index >= 15 is 0 Å². The van der Waals surface area contributed by atoms with Gasteiger partial charge in [0.25, 0.3) is 0 Å². The topological polar surface area (TPSA) is 66.3 Å². The number of nitrogens with one attached hydrogen (secondary N) is 1. The van der Waals surface area contributed by atoms with E-state index in [9.17, 15) is 4.79 Å². The van der Waals surface area contributed by atoms with E-state index in [1.807, 2.05) is 30.3 Å². The molecule has 1 aliphatic rings. The highest BCUT2D eigenvalue weighted by atomic mass is 16.2. The number of hydrogen-bond donors (Lipinski definition) is 1. The predicted octanol–water partition coefficient (Wildman–Crippen LogP) is 3.72. The summed E-state index contributed by atoms with van der Waals surface area (Å²) in [4.78, 5) is 25.7. The normalized spacial score (nSPS) is 13.9. The Morgan fingerprint density at radius 2 is 1.96 bits per heavy atom. The Labute approximate surface area is 165 Å². The fourth-order valence-electron chi connectivity index (χ4n) is 3.70. The second kappa shape index (κ2) is 7.88. The van der Waals surface area contributed by atoms with E-state index in [1.165, 1.54) is 12.8 Å². The lowest BCUT2D eigenvalue weighted by molar-refractivity contribution is 0.219. The number of amides is 2. The van der Waals surface area contributed by atoms with Gasteiger partial charge < -0.3 is 19.7 Å². The quantitative estimate of drug-likeness (QED) is 0.735. The summed E-state index contributed by atoms with van der Waals surface area (Å²) in [6.45, 7) is 5.45. The fraction of sp³-hybridized carbons (Fsp3) is 0.381. The van der Waals surface area contributed by atoms with Crippen molar-refractivity contribution in [3.8, 4) is 0 Å². The summed E-state index contributed by atoms with van der Waals surface area (Å²) < 4.78 is 2.14. The first-order valence-electron chi connectivity index (χ1n) is 9.83. The molecule has 0 bridgehead atoms. The summed E-state index contributed by atoms with van der Waals surface area (Å²) in [5.74, 6) is 1.85. The average molecular weight is 378 g/mol. The Morgan fingerprint density at radius 1 is 1.18 bits per heavy atom. The fourth-order valence-corrected chi connectivity index (χ4v) is 3.70. The van der Waals surface area contributed by atoms with Crippen molar-refractivity contribution in [2.75, 3.05) is 30.4 Å².